The van der Waals surface area contributed by atoms with Crippen molar-refractivity contribution in [1.29, 1.82) is 0 Å². The summed E-state index contributed by atoms with van der Waals surface area (Å²) in [5, 5.41) is 2.02. The molecule has 0 fully saturated rings. The maximum absolute atomic E-state index is 14.0. The number of nitrogens with two attached hydrogens (primary N) is 1. The standard InChI is InChI=1S/C12H10BrClFNS/c1-6-4-5-17-12(6)11(16)7-2-3-8(13)9(14)10(7)15/h2-5,11H,16H2,1H3. The number of rotatable bonds is 2. The van der Waals surface area contributed by atoms with Crippen LogP contribution in [0.5, 0.6) is 0 Å². The second kappa shape index (κ2) is 5.06. The summed E-state index contributed by atoms with van der Waals surface area (Å²) >= 11 is 10.6. The third-order valence-electron chi connectivity index (χ3n) is 2.58. The normalized spacial score (nSPS) is 12.8. The summed E-state index contributed by atoms with van der Waals surface area (Å²) in [6.45, 7) is 1.96. The lowest BCUT2D eigenvalue weighted by molar-refractivity contribution is 0.600. The molecule has 2 aromatic rings. The van der Waals surface area contributed by atoms with Crippen LogP contribution < -0.4 is 5.73 Å². The first kappa shape index (κ1) is 13.0. The van der Waals surface area contributed by atoms with Crippen LogP contribution in [0.3, 0.4) is 0 Å². The summed E-state index contributed by atoms with van der Waals surface area (Å²) in [5.41, 5.74) is 7.57. The lowest BCUT2D eigenvalue weighted by atomic mass is 10.0. The van der Waals surface area contributed by atoms with Gasteiger partial charge in [0.05, 0.1) is 11.1 Å². The molecule has 0 spiro atoms. The molecule has 5 heteroatoms. The highest BCUT2D eigenvalue weighted by Crippen LogP contribution is 2.34. The fraction of sp³-hybridized carbons (Fsp3) is 0.167. The molecule has 2 rings (SSSR count). The molecule has 0 aliphatic carbocycles. The molecule has 2 N–H and O–H groups in total. The first-order valence-electron chi connectivity index (χ1n) is 4.95. The smallest absolute Gasteiger partial charge is 0.148 e. The third kappa shape index (κ3) is 2.40. The second-order valence-corrected chi connectivity index (χ2v) is 5.89. The van der Waals surface area contributed by atoms with Crippen molar-refractivity contribution in [3.05, 3.63) is 54.9 Å². The molecule has 17 heavy (non-hydrogen) atoms. The molecule has 0 aliphatic heterocycles. The van der Waals surface area contributed by atoms with E-state index in [9.17, 15) is 4.39 Å². The number of aryl methyl sites for hydroxylation is 1. The van der Waals surface area contributed by atoms with E-state index >= 15 is 0 Å². The zero-order valence-corrected chi connectivity index (χ0v) is 12.2. The number of hydrogen-bond donors (Lipinski definition) is 1. The molecule has 1 nitrogen and oxygen atoms in total. The summed E-state index contributed by atoms with van der Waals surface area (Å²) < 4.78 is 14.5. The quantitative estimate of drug-likeness (QED) is 0.794. The Balaban J connectivity index is 2.48. The van der Waals surface area contributed by atoms with Gasteiger partial charge in [-0.3, -0.25) is 0 Å². The minimum absolute atomic E-state index is 0.0761. The molecule has 0 aliphatic rings. The molecule has 1 aromatic heterocycles. The van der Waals surface area contributed by atoms with Crippen LogP contribution in [0, 0.1) is 12.7 Å². The topological polar surface area (TPSA) is 26.0 Å². The Labute approximate surface area is 117 Å². The molecular formula is C12H10BrClFNS. The van der Waals surface area contributed by atoms with Crippen LogP contribution in [0.4, 0.5) is 4.39 Å². The highest BCUT2D eigenvalue weighted by Gasteiger charge is 2.19. The van der Waals surface area contributed by atoms with E-state index in [0.29, 0.717) is 10.0 Å². The van der Waals surface area contributed by atoms with Crippen molar-refractivity contribution < 1.29 is 4.39 Å². The summed E-state index contributed by atoms with van der Waals surface area (Å²) in [6, 6.07) is 4.87. The van der Waals surface area contributed by atoms with E-state index in [0.717, 1.165) is 10.4 Å². The number of halogens is 3. The van der Waals surface area contributed by atoms with Gasteiger partial charge in [-0.1, -0.05) is 17.7 Å². The molecule has 1 atom stereocenters. The van der Waals surface area contributed by atoms with Gasteiger partial charge >= 0.3 is 0 Å². The predicted octanol–water partition coefficient (Wildman–Crippen LogP) is 4.66. The zero-order chi connectivity index (χ0) is 12.6. The average molecular weight is 335 g/mol. The van der Waals surface area contributed by atoms with Gasteiger partial charge < -0.3 is 5.73 Å². The van der Waals surface area contributed by atoms with Crippen molar-refractivity contribution in [2.45, 2.75) is 13.0 Å². The maximum atomic E-state index is 14.0. The zero-order valence-electron chi connectivity index (χ0n) is 9.01. The second-order valence-electron chi connectivity index (χ2n) is 3.71. The van der Waals surface area contributed by atoms with Crippen molar-refractivity contribution in [3.8, 4) is 0 Å². The molecule has 0 saturated carbocycles. The predicted molar refractivity (Wildman–Crippen MR) is 74.2 cm³/mol. The van der Waals surface area contributed by atoms with Crippen molar-refractivity contribution >= 4 is 38.9 Å². The van der Waals surface area contributed by atoms with Crippen LogP contribution in [0.1, 0.15) is 22.0 Å². The van der Waals surface area contributed by atoms with Gasteiger partial charge in [-0.2, -0.15) is 0 Å². The Morgan fingerprint density at radius 3 is 2.71 bits per heavy atom. The van der Waals surface area contributed by atoms with Crippen LogP contribution in [0.15, 0.2) is 28.1 Å². The van der Waals surface area contributed by atoms with E-state index in [2.05, 4.69) is 15.9 Å². The SMILES string of the molecule is Cc1ccsc1C(N)c1ccc(Br)c(Cl)c1F. The summed E-state index contributed by atoms with van der Waals surface area (Å²) in [6.07, 6.45) is 0. The van der Waals surface area contributed by atoms with Gasteiger partial charge in [0.2, 0.25) is 0 Å². The van der Waals surface area contributed by atoms with Crippen LogP contribution in [0.2, 0.25) is 5.02 Å². The van der Waals surface area contributed by atoms with E-state index in [1.54, 1.807) is 12.1 Å². The average Bonchev–Trinajstić information content (AvgIpc) is 2.72. The van der Waals surface area contributed by atoms with E-state index in [1.807, 2.05) is 18.4 Å². The molecule has 1 aromatic carbocycles. The monoisotopic (exact) mass is 333 g/mol. The van der Waals surface area contributed by atoms with Crippen LogP contribution in [-0.4, -0.2) is 0 Å². The fourth-order valence-electron chi connectivity index (χ4n) is 1.63. The minimum atomic E-state index is -0.472. The van der Waals surface area contributed by atoms with Gasteiger partial charge in [-0.25, -0.2) is 4.39 Å². The highest BCUT2D eigenvalue weighted by atomic mass is 79.9. The van der Waals surface area contributed by atoms with Gasteiger partial charge in [0.25, 0.3) is 0 Å². The van der Waals surface area contributed by atoms with Crippen molar-refractivity contribution in [1.82, 2.24) is 0 Å². The van der Waals surface area contributed by atoms with E-state index < -0.39 is 11.9 Å². The Morgan fingerprint density at radius 2 is 2.12 bits per heavy atom. The molecule has 0 radical (unpaired) electrons. The first-order valence-corrected chi connectivity index (χ1v) is 7.00. The highest BCUT2D eigenvalue weighted by molar-refractivity contribution is 9.10. The van der Waals surface area contributed by atoms with Gasteiger partial charge in [0.15, 0.2) is 0 Å². The largest absolute Gasteiger partial charge is 0.320 e. The number of hydrogen-bond acceptors (Lipinski definition) is 2. The molecule has 90 valence electrons. The minimum Gasteiger partial charge on any atom is -0.320 e. The van der Waals surface area contributed by atoms with Crippen LogP contribution >= 0.6 is 38.9 Å². The molecule has 1 heterocycles. The lowest BCUT2D eigenvalue weighted by Crippen LogP contribution is -2.13. The first-order chi connectivity index (χ1) is 8.02. The Kier molecular flexibility index (Phi) is 3.88. The van der Waals surface area contributed by atoms with Gasteiger partial charge in [-0.05, 0) is 45.9 Å². The van der Waals surface area contributed by atoms with E-state index in [4.69, 9.17) is 17.3 Å². The fourth-order valence-corrected chi connectivity index (χ4v) is 3.05. The summed E-state index contributed by atoms with van der Waals surface area (Å²) in [4.78, 5) is 0.960. The third-order valence-corrected chi connectivity index (χ3v) is 4.94. The Hall–Kier alpha value is -0.420. The Morgan fingerprint density at radius 1 is 1.41 bits per heavy atom. The molecular weight excluding hydrogens is 325 g/mol. The van der Waals surface area contributed by atoms with Gasteiger partial charge in [0.1, 0.15) is 5.82 Å². The Bertz CT molecular complexity index is 555. The summed E-state index contributed by atoms with van der Waals surface area (Å²) in [7, 11) is 0. The van der Waals surface area contributed by atoms with Gasteiger partial charge in [-0.15, -0.1) is 11.3 Å². The van der Waals surface area contributed by atoms with E-state index in [-0.39, 0.29) is 5.02 Å². The molecule has 0 bridgehead atoms. The number of thiophene rings is 1. The number of benzene rings is 1. The van der Waals surface area contributed by atoms with Gasteiger partial charge in [0, 0.05) is 14.9 Å². The van der Waals surface area contributed by atoms with Crippen molar-refractivity contribution in [3.63, 3.8) is 0 Å². The lowest BCUT2D eigenvalue weighted by Gasteiger charge is -2.14. The van der Waals surface area contributed by atoms with E-state index in [1.165, 1.54) is 11.3 Å². The maximum Gasteiger partial charge on any atom is 0.148 e. The van der Waals surface area contributed by atoms with Crippen molar-refractivity contribution in [2.75, 3.05) is 0 Å². The van der Waals surface area contributed by atoms with Crippen molar-refractivity contribution in [2.24, 2.45) is 5.73 Å². The molecule has 1 unspecified atom stereocenters. The molecule has 0 amide bonds. The van der Waals surface area contributed by atoms with Crippen LogP contribution in [-0.2, 0) is 0 Å². The van der Waals surface area contributed by atoms with Crippen LogP contribution in [0.25, 0.3) is 0 Å². The molecule has 0 saturated heterocycles. The summed E-state index contributed by atoms with van der Waals surface area (Å²) in [5.74, 6) is -0.457.